The van der Waals surface area contributed by atoms with Gasteiger partial charge in [0.05, 0.1) is 6.61 Å². The normalized spacial score (nSPS) is 17.6. The molecular weight excluding hydrogens is 242 g/mol. The molecule has 6 nitrogen and oxygen atoms in total. The summed E-state index contributed by atoms with van der Waals surface area (Å²) in [5.74, 6) is 1.29. The van der Waals surface area contributed by atoms with E-state index in [0.29, 0.717) is 24.5 Å². The molecule has 1 aromatic rings. The summed E-state index contributed by atoms with van der Waals surface area (Å²) in [4.78, 5) is 15.4. The Bertz CT molecular complexity index is 411. The zero-order valence-corrected chi connectivity index (χ0v) is 12.2. The Kier molecular flexibility index (Phi) is 4.07. The van der Waals surface area contributed by atoms with Crippen molar-refractivity contribution in [2.75, 3.05) is 29.9 Å². The van der Waals surface area contributed by atoms with Crippen LogP contribution in [0.1, 0.15) is 40.5 Å². The topological polar surface area (TPSA) is 63.2 Å². The van der Waals surface area contributed by atoms with E-state index in [1.165, 1.54) is 6.42 Å². The van der Waals surface area contributed by atoms with Crippen LogP contribution >= 0.6 is 0 Å². The van der Waals surface area contributed by atoms with Crippen LogP contribution in [0, 0.1) is 0 Å². The summed E-state index contributed by atoms with van der Waals surface area (Å²) >= 11 is 0. The number of anilines is 2. The van der Waals surface area contributed by atoms with Crippen LogP contribution in [0.2, 0.25) is 0 Å². The van der Waals surface area contributed by atoms with Gasteiger partial charge in [-0.3, -0.25) is 0 Å². The van der Waals surface area contributed by atoms with E-state index in [1.807, 2.05) is 13.8 Å². The molecule has 0 radical (unpaired) electrons. The highest BCUT2D eigenvalue weighted by Gasteiger charge is 2.34. The maximum Gasteiger partial charge on any atom is 0.323 e. The average Bonchev–Trinajstić information content (AvgIpc) is 2.69. The first-order valence-corrected chi connectivity index (χ1v) is 6.97. The molecule has 6 heteroatoms. The van der Waals surface area contributed by atoms with Crippen molar-refractivity contribution in [2.24, 2.45) is 0 Å². The monoisotopic (exact) mass is 265 g/mol. The second-order valence-electron chi connectivity index (χ2n) is 5.27. The van der Waals surface area contributed by atoms with E-state index in [4.69, 9.17) is 4.74 Å². The predicted octanol–water partition coefficient (Wildman–Crippen LogP) is 2.08. The molecule has 0 saturated carbocycles. The Morgan fingerprint density at radius 1 is 1.26 bits per heavy atom. The van der Waals surface area contributed by atoms with E-state index in [1.54, 1.807) is 0 Å². The van der Waals surface area contributed by atoms with Crippen molar-refractivity contribution < 1.29 is 4.74 Å². The van der Waals surface area contributed by atoms with Gasteiger partial charge in [0.1, 0.15) is 0 Å². The average molecular weight is 265 g/mol. The Labute approximate surface area is 114 Å². The van der Waals surface area contributed by atoms with Crippen LogP contribution in [0.4, 0.5) is 11.9 Å². The molecule has 2 rings (SSSR count). The molecule has 0 aliphatic carbocycles. The Hall–Kier alpha value is -1.59. The van der Waals surface area contributed by atoms with Crippen LogP contribution in [0.3, 0.4) is 0 Å². The summed E-state index contributed by atoms with van der Waals surface area (Å²) in [5, 5.41) is 3.13. The van der Waals surface area contributed by atoms with Gasteiger partial charge in [0.25, 0.3) is 0 Å². The van der Waals surface area contributed by atoms with Gasteiger partial charge in [-0.25, -0.2) is 0 Å². The van der Waals surface area contributed by atoms with E-state index in [0.717, 1.165) is 19.5 Å². The highest BCUT2D eigenvalue weighted by molar-refractivity contribution is 5.42. The van der Waals surface area contributed by atoms with Crippen molar-refractivity contribution in [2.45, 2.75) is 46.1 Å². The quantitative estimate of drug-likeness (QED) is 0.879. The molecule has 19 heavy (non-hydrogen) atoms. The summed E-state index contributed by atoms with van der Waals surface area (Å²) < 4.78 is 5.43. The highest BCUT2D eigenvalue weighted by atomic mass is 16.5. The van der Waals surface area contributed by atoms with Gasteiger partial charge in [-0.15, -0.1) is 0 Å². The summed E-state index contributed by atoms with van der Waals surface area (Å²) in [6, 6.07) is 0.395. The van der Waals surface area contributed by atoms with Crippen molar-refractivity contribution in [1.29, 1.82) is 0 Å². The highest BCUT2D eigenvalue weighted by Crippen LogP contribution is 2.32. The van der Waals surface area contributed by atoms with Gasteiger partial charge >= 0.3 is 6.01 Å². The van der Waals surface area contributed by atoms with Gasteiger partial charge < -0.3 is 15.0 Å². The lowest BCUT2D eigenvalue weighted by molar-refractivity contribution is 0.311. The molecular formula is C13H23N5O. The SMILES string of the molecule is CCNc1nc(OCC)nc(N2CCCC2(C)C)n1. The first kappa shape index (κ1) is 13.8. The zero-order valence-electron chi connectivity index (χ0n) is 12.2. The fraction of sp³-hybridized carbons (Fsp3) is 0.769. The lowest BCUT2D eigenvalue weighted by Gasteiger charge is -2.31. The van der Waals surface area contributed by atoms with Crippen molar-refractivity contribution in [3.63, 3.8) is 0 Å². The zero-order chi connectivity index (χ0) is 13.9. The smallest absolute Gasteiger partial charge is 0.323 e. The lowest BCUT2D eigenvalue weighted by atomic mass is 10.0. The van der Waals surface area contributed by atoms with E-state index >= 15 is 0 Å². The van der Waals surface area contributed by atoms with Crippen molar-refractivity contribution >= 4 is 11.9 Å². The van der Waals surface area contributed by atoms with Crippen molar-refractivity contribution in [3.05, 3.63) is 0 Å². The molecule has 1 aliphatic rings. The third kappa shape index (κ3) is 3.05. The summed E-state index contributed by atoms with van der Waals surface area (Å²) in [5.41, 5.74) is 0.0916. The van der Waals surface area contributed by atoms with E-state index in [2.05, 4.69) is 39.0 Å². The van der Waals surface area contributed by atoms with Gasteiger partial charge in [-0.05, 0) is 40.5 Å². The van der Waals surface area contributed by atoms with E-state index in [-0.39, 0.29) is 5.54 Å². The molecule has 1 aromatic heterocycles. The Morgan fingerprint density at radius 3 is 2.63 bits per heavy atom. The standard InChI is InChI=1S/C13H23N5O/c1-5-14-10-15-11(17-12(16-10)19-6-2)18-9-7-8-13(18,3)4/h5-9H2,1-4H3,(H,14,15,16,17). The Morgan fingerprint density at radius 2 is 2.05 bits per heavy atom. The maximum absolute atomic E-state index is 5.43. The largest absolute Gasteiger partial charge is 0.464 e. The summed E-state index contributed by atoms with van der Waals surface area (Å²) in [6.07, 6.45) is 2.32. The lowest BCUT2D eigenvalue weighted by Crippen LogP contribution is -2.39. The number of nitrogens with zero attached hydrogens (tertiary/aromatic N) is 4. The number of nitrogens with one attached hydrogen (secondary N) is 1. The minimum Gasteiger partial charge on any atom is -0.464 e. The van der Waals surface area contributed by atoms with Crippen LogP contribution in [0.15, 0.2) is 0 Å². The second-order valence-corrected chi connectivity index (χ2v) is 5.27. The fourth-order valence-electron chi connectivity index (χ4n) is 2.38. The first-order chi connectivity index (χ1) is 9.06. The molecule has 2 heterocycles. The number of aromatic nitrogens is 3. The van der Waals surface area contributed by atoms with Crippen LogP contribution in [-0.4, -0.2) is 40.2 Å². The minimum atomic E-state index is 0.0916. The van der Waals surface area contributed by atoms with Crippen LogP contribution in [-0.2, 0) is 0 Å². The summed E-state index contributed by atoms with van der Waals surface area (Å²) in [7, 11) is 0. The molecule has 1 fully saturated rings. The van der Waals surface area contributed by atoms with Gasteiger partial charge in [-0.2, -0.15) is 15.0 Å². The van der Waals surface area contributed by atoms with Crippen molar-refractivity contribution in [1.82, 2.24) is 15.0 Å². The summed E-state index contributed by atoms with van der Waals surface area (Å²) in [6.45, 7) is 10.7. The second kappa shape index (κ2) is 5.59. The van der Waals surface area contributed by atoms with E-state index < -0.39 is 0 Å². The fourth-order valence-corrected chi connectivity index (χ4v) is 2.38. The van der Waals surface area contributed by atoms with Gasteiger partial charge in [0, 0.05) is 18.6 Å². The maximum atomic E-state index is 5.43. The number of rotatable bonds is 5. The minimum absolute atomic E-state index is 0.0916. The van der Waals surface area contributed by atoms with Crippen LogP contribution in [0.5, 0.6) is 6.01 Å². The molecule has 0 aromatic carbocycles. The molecule has 1 aliphatic heterocycles. The molecule has 106 valence electrons. The van der Waals surface area contributed by atoms with Gasteiger partial charge in [0.15, 0.2) is 0 Å². The number of ether oxygens (including phenoxy) is 1. The third-order valence-corrected chi connectivity index (χ3v) is 3.35. The molecule has 0 unspecified atom stereocenters. The van der Waals surface area contributed by atoms with Crippen LogP contribution in [0.25, 0.3) is 0 Å². The first-order valence-electron chi connectivity index (χ1n) is 6.97. The Balaban J connectivity index is 2.32. The number of hydrogen-bond acceptors (Lipinski definition) is 6. The molecule has 0 atom stereocenters. The van der Waals surface area contributed by atoms with Gasteiger partial charge in [-0.1, -0.05) is 0 Å². The molecule has 0 spiro atoms. The molecule has 1 saturated heterocycles. The molecule has 0 amide bonds. The molecule has 1 N–H and O–H groups in total. The predicted molar refractivity (Wildman–Crippen MR) is 75.8 cm³/mol. The van der Waals surface area contributed by atoms with Crippen molar-refractivity contribution in [3.8, 4) is 6.01 Å². The van der Waals surface area contributed by atoms with Gasteiger partial charge in [0.2, 0.25) is 11.9 Å². The number of hydrogen-bond donors (Lipinski definition) is 1. The van der Waals surface area contributed by atoms with Crippen LogP contribution < -0.4 is 15.0 Å². The molecule has 0 bridgehead atoms. The third-order valence-electron chi connectivity index (χ3n) is 3.35. The van der Waals surface area contributed by atoms with E-state index in [9.17, 15) is 0 Å².